The van der Waals surface area contributed by atoms with Crippen LogP contribution in [-0.4, -0.2) is 29.4 Å². The first-order valence-electron chi connectivity index (χ1n) is 6.79. The first kappa shape index (κ1) is 16.8. The fraction of sp³-hybridized carbons (Fsp3) is 0.533. The van der Waals surface area contributed by atoms with Crippen LogP contribution in [0.4, 0.5) is 0 Å². The van der Waals surface area contributed by atoms with Gasteiger partial charge in [0, 0.05) is 5.92 Å². The fourth-order valence-electron chi connectivity index (χ4n) is 2.12. The van der Waals surface area contributed by atoms with E-state index in [4.69, 9.17) is 4.74 Å². The Balaban J connectivity index is 2.76. The monoisotopic (exact) mass is 297 g/mol. The third kappa shape index (κ3) is 4.12. The number of aryl methyl sites for hydroxylation is 1. The molecule has 3 atom stereocenters. The van der Waals surface area contributed by atoms with Crippen molar-refractivity contribution in [2.75, 3.05) is 13.2 Å². The Kier molecular flexibility index (Phi) is 6.83. The van der Waals surface area contributed by atoms with Crippen LogP contribution in [0.1, 0.15) is 25.8 Å². The summed E-state index contributed by atoms with van der Waals surface area (Å²) in [4.78, 5) is 12.0. The molecule has 20 heavy (non-hydrogen) atoms. The molecule has 0 radical (unpaired) electrons. The molecule has 0 amide bonds. The number of hydrogen-bond donors (Lipinski definition) is 1. The van der Waals surface area contributed by atoms with Gasteiger partial charge in [-0.25, -0.2) is 4.79 Å². The lowest BCUT2D eigenvalue weighted by Gasteiger charge is -2.23. The molecule has 1 aromatic carbocycles. The lowest BCUT2D eigenvalue weighted by atomic mass is 9.88. The predicted molar refractivity (Wildman–Crippen MR) is 79.4 cm³/mol. The molecule has 110 valence electrons. The van der Waals surface area contributed by atoms with Gasteiger partial charge in [-0.1, -0.05) is 34.9 Å². The maximum absolute atomic E-state index is 12.0. The molecule has 0 aromatic heterocycles. The van der Waals surface area contributed by atoms with Crippen LogP contribution in [0.15, 0.2) is 30.3 Å². The van der Waals surface area contributed by atoms with E-state index in [1.165, 1.54) is 0 Å². The SMILES string of the molecule is CCOC(=O)C(C)([PH+]=O)C(CO)CCc1ccccc1. The van der Waals surface area contributed by atoms with E-state index in [1.807, 2.05) is 30.3 Å². The molecule has 0 bridgehead atoms. The number of carbonyl (C=O) groups excluding carboxylic acids is 1. The molecule has 0 saturated carbocycles. The molecule has 0 aliphatic carbocycles. The summed E-state index contributed by atoms with van der Waals surface area (Å²) < 4.78 is 16.5. The largest absolute Gasteiger partial charge is 0.462 e. The molecule has 0 aliphatic rings. The predicted octanol–water partition coefficient (Wildman–Crippen LogP) is 2.57. The number of benzene rings is 1. The number of ether oxygens (including phenoxy) is 1. The van der Waals surface area contributed by atoms with Gasteiger partial charge in [-0.05, 0) is 32.3 Å². The van der Waals surface area contributed by atoms with E-state index < -0.39 is 19.6 Å². The van der Waals surface area contributed by atoms with Crippen molar-refractivity contribution in [3.05, 3.63) is 35.9 Å². The van der Waals surface area contributed by atoms with Crippen LogP contribution in [0, 0.1) is 5.92 Å². The highest BCUT2D eigenvalue weighted by Crippen LogP contribution is 2.35. The van der Waals surface area contributed by atoms with Gasteiger partial charge in [0.15, 0.2) is 0 Å². The van der Waals surface area contributed by atoms with Crippen molar-refractivity contribution in [1.82, 2.24) is 0 Å². The maximum atomic E-state index is 12.0. The second-order valence-electron chi connectivity index (χ2n) is 4.93. The van der Waals surface area contributed by atoms with E-state index in [2.05, 4.69) is 0 Å². The van der Waals surface area contributed by atoms with Gasteiger partial charge in [-0.15, -0.1) is 0 Å². The van der Waals surface area contributed by atoms with Crippen LogP contribution in [0.5, 0.6) is 0 Å². The molecule has 0 fully saturated rings. The third-order valence-electron chi connectivity index (χ3n) is 3.57. The number of aliphatic hydroxyl groups is 1. The zero-order valence-corrected chi connectivity index (χ0v) is 13.0. The molecule has 1 N–H and O–H groups in total. The molecule has 4 nitrogen and oxygen atoms in total. The van der Waals surface area contributed by atoms with Crippen LogP contribution < -0.4 is 0 Å². The Hall–Kier alpha value is -1.25. The van der Waals surface area contributed by atoms with E-state index >= 15 is 0 Å². The average molecular weight is 297 g/mol. The molecular formula is C15H22O4P+. The van der Waals surface area contributed by atoms with Gasteiger partial charge < -0.3 is 9.84 Å². The van der Waals surface area contributed by atoms with Crippen molar-refractivity contribution in [2.45, 2.75) is 31.8 Å². The minimum Gasteiger partial charge on any atom is -0.462 e. The van der Waals surface area contributed by atoms with E-state index in [0.717, 1.165) is 12.0 Å². The van der Waals surface area contributed by atoms with Gasteiger partial charge in [0.25, 0.3) is 5.16 Å². The molecule has 0 saturated heterocycles. The van der Waals surface area contributed by atoms with Gasteiger partial charge in [0.1, 0.15) is 0 Å². The Bertz CT molecular complexity index is 435. The topological polar surface area (TPSA) is 63.6 Å². The summed E-state index contributed by atoms with van der Waals surface area (Å²) >= 11 is 0. The summed E-state index contributed by atoms with van der Waals surface area (Å²) in [5.41, 5.74) is 1.13. The van der Waals surface area contributed by atoms with Gasteiger partial charge in [0.2, 0.25) is 0 Å². The van der Waals surface area contributed by atoms with Gasteiger partial charge >= 0.3 is 14.4 Å². The highest BCUT2D eigenvalue weighted by atomic mass is 31.1. The van der Waals surface area contributed by atoms with Crippen LogP contribution in [0.3, 0.4) is 0 Å². The van der Waals surface area contributed by atoms with Crippen LogP contribution in [0.25, 0.3) is 0 Å². The second-order valence-corrected chi connectivity index (χ2v) is 6.17. The first-order chi connectivity index (χ1) is 9.58. The number of hydrogen-bond acceptors (Lipinski definition) is 4. The van der Waals surface area contributed by atoms with Crippen molar-refractivity contribution in [3.8, 4) is 0 Å². The molecule has 0 heterocycles. The Labute approximate surface area is 121 Å². The minimum atomic E-state index is -1.14. The normalized spacial score (nSPS) is 15.6. The standard InChI is InChI=1S/C15H21O4P/c1-3-19-14(17)15(2,20-18)13(11-16)10-9-12-7-5-4-6-8-12/h4-8,13,16H,3,9-11H2,1-2H3/p+1. The van der Waals surface area contributed by atoms with Crippen molar-refractivity contribution in [3.63, 3.8) is 0 Å². The number of rotatable bonds is 8. The van der Waals surface area contributed by atoms with E-state index in [1.54, 1.807) is 13.8 Å². The summed E-state index contributed by atoms with van der Waals surface area (Å²) in [6.07, 6.45) is 1.32. The molecule has 1 aromatic rings. The number of aliphatic hydroxyl groups excluding tert-OH is 1. The van der Waals surface area contributed by atoms with Crippen LogP contribution in [0.2, 0.25) is 0 Å². The smallest absolute Gasteiger partial charge is 0.361 e. The molecule has 5 heteroatoms. The number of carbonyl (C=O) groups is 1. The van der Waals surface area contributed by atoms with Crippen molar-refractivity contribution in [1.29, 1.82) is 0 Å². The molecular weight excluding hydrogens is 275 g/mol. The van der Waals surface area contributed by atoms with Crippen molar-refractivity contribution in [2.24, 2.45) is 5.92 Å². The highest BCUT2D eigenvalue weighted by Gasteiger charge is 2.50. The second kappa shape index (κ2) is 8.13. The van der Waals surface area contributed by atoms with E-state index in [-0.39, 0.29) is 19.1 Å². The van der Waals surface area contributed by atoms with Crippen molar-refractivity contribution >= 4 is 14.4 Å². The summed E-state index contributed by atoms with van der Waals surface area (Å²) in [6.45, 7) is 3.37. The number of esters is 1. The van der Waals surface area contributed by atoms with Crippen LogP contribution in [-0.2, 0) is 20.5 Å². The van der Waals surface area contributed by atoms with Crippen LogP contribution >= 0.6 is 8.46 Å². The van der Waals surface area contributed by atoms with E-state index in [0.29, 0.717) is 6.42 Å². The maximum Gasteiger partial charge on any atom is 0.361 e. The molecule has 0 aliphatic heterocycles. The molecule has 0 spiro atoms. The lowest BCUT2D eigenvalue weighted by Crippen LogP contribution is -2.41. The summed E-state index contributed by atoms with van der Waals surface area (Å²) in [5, 5.41) is 8.41. The summed E-state index contributed by atoms with van der Waals surface area (Å²) in [6, 6.07) is 9.83. The lowest BCUT2D eigenvalue weighted by molar-refractivity contribution is -0.148. The highest BCUT2D eigenvalue weighted by molar-refractivity contribution is 7.27. The zero-order valence-electron chi connectivity index (χ0n) is 12.0. The van der Waals surface area contributed by atoms with Gasteiger partial charge in [0.05, 0.1) is 13.2 Å². The minimum absolute atomic E-state index is 0.183. The van der Waals surface area contributed by atoms with E-state index in [9.17, 15) is 14.5 Å². The zero-order chi connectivity index (χ0) is 15.0. The quantitative estimate of drug-likeness (QED) is 0.591. The first-order valence-corrected chi connectivity index (χ1v) is 7.70. The van der Waals surface area contributed by atoms with Crippen molar-refractivity contribution < 1.29 is 19.2 Å². The Morgan fingerprint density at radius 3 is 2.55 bits per heavy atom. The fourth-order valence-corrected chi connectivity index (χ4v) is 2.68. The van der Waals surface area contributed by atoms with Gasteiger partial charge in [-0.3, -0.25) is 0 Å². The molecule has 1 rings (SSSR count). The Morgan fingerprint density at radius 2 is 2.05 bits per heavy atom. The third-order valence-corrected chi connectivity index (χ3v) is 4.61. The molecule has 3 unspecified atom stereocenters. The van der Waals surface area contributed by atoms with Gasteiger partial charge in [-0.2, -0.15) is 0 Å². The summed E-state index contributed by atoms with van der Waals surface area (Å²) in [7, 11) is -0.838. The average Bonchev–Trinajstić information content (AvgIpc) is 2.48. The Morgan fingerprint density at radius 1 is 1.40 bits per heavy atom. The summed E-state index contributed by atoms with van der Waals surface area (Å²) in [5.74, 6) is -0.877.